The van der Waals surface area contributed by atoms with Crippen LogP contribution in [0.15, 0.2) is 64.0 Å². The quantitative estimate of drug-likeness (QED) is 0.579. The Bertz CT molecular complexity index is 1250. The lowest BCUT2D eigenvalue weighted by Gasteiger charge is -2.19. The van der Waals surface area contributed by atoms with Crippen molar-refractivity contribution in [3.05, 3.63) is 54.7 Å². The summed E-state index contributed by atoms with van der Waals surface area (Å²) in [5.41, 5.74) is 0.740. The van der Waals surface area contributed by atoms with E-state index in [-0.39, 0.29) is 12.6 Å². The highest BCUT2D eigenvalue weighted by Crippen LogP contribution is 2.31. The molecule has 2 heterocycles. The minimum absolute atomic E-state index is 0.104. The van der Waals surface area contributed by atoms with Gasteiger partial charge in [-0.05, 0) is 55.3 Å². The van der Waals surface area contributed by atoms with E-state index in [2.05, 4.69) is 9.35 Å². The first kappa shape index (κ1) is 21.8. The van der Waals surface area contributed by atoms with E-state index in [1.54, 1.807) is 43.6 Å². The van der Waals surface area contributed by atoms with Crippen molar-refractivity contribution in [3.8, 4) is 17.2 Å². The Kier molecular flexibility index (Phi) is 6.15. The van der Waals surface area contributed by atoms with Gasteiger partial charge in [0, 0.05) is 24.2 Å². The molecule has 0 aliphatic carbocycles. The normalized spacial score (nSPS) is 17.7. The van der Waals surface area contributed by atoms with Gasteiger partial charge >= 0.3 is 6.09 Å². The summed E-state index contributed by atoms with van der Waals surface area (Å²) in [4.78, 5) is 17.3. The van der Waals surface area contributed by atoms with Crippen LogP contribution in [0.3, 0.4) is 0 Å². The van der Waals surface area contributed by atoms with Gasteiger partial charge in [0.1, 0.15) is 27.2 Å². The van der Waals surface area contributed by atoms with Crippen molar-refractivity contribution in [1.82, 2.24) is 9.88 Å². The summed E-state index contributed by atoms with van der Waals surface area (Å²) in [6.45, 7) is 0.566. The van der Waals surface area contributed by atoms with Crippen molar-refractivity contribution in [1.29, 1.82) is 0 Å². The highest BCUT2D eigenvalue weighted by Gasteiger charge is 2.28. The van der Waals surface area contributed by atoms with Crippen LogP contribution in [-0.2, 0) is 9.92 Å². The van der Waals surface area contributed by atoms with Gasteiger partial charge < -0.3 is 19.5 Å². The molecule has 3 N–H and O–H groups in total. The van der Waals surface area contributed by atoms with Gasteiger partial charge in [0.05, 0.1) is 30.1 Å². The Morgan fingerprint density at radius 3 is 2.72 bits per heavy atom. The fourth-order valence-electron chi connectivity index (χ4n) is 3.70. The van der Waals surface area contributed by atoms with Crippen molar-refractivity contribution < 1.29 is 23.6 Å². The molecule has 32 heavy (non-hydrogen) atoms. The molecule has 1 aliphatic heterocycles. The van der Waals surface area contributed by atoms with Gasteiger partial charge in [-0.25, -0.2) is 18.5 Å². The number of nitrogens with zero attached hydrogens (tertiary/aromatic N) is 3. The molecule has 1 aromatic heterocycles. The number of hydrogen-bond acceptors (Lipinski definition) is 6. The van der Waals surface area contributed by atoms with Gasteiger partial charge in [-0.15, -0.1) is 0 Å². The fraction of sp³-hybridized carbons (Fsp3) is 0.273. The number of carboxylic acid groups (broad SMARTS) is 1. The number of amides is 1. The van der Waals surface area contributed by atoms with E-state index in [0.29, 0.717) is 35.1 Å². The molecule has 0 saturated carbocycles. The van der Waals surface area contributed by atoms with Gasteiger partial charge in [0.2, 0.25) is 0 Å². The maximum Gasteiger partial charge on any atom is 0.407 e. The number of aromatic nitrogens is 1. The minimum atomic E-state index is -3.15. The number of nitrogens with two attached hydrogens (primary N) is 1. The SMILES string of the molecule is COc1ccc2c(Oc3ccc(S(N)(=O)=NC[C@H]4CCCN4C(=O)O)cc3)ccnc2c1. The van der Waals surface area contributed by atoms with Crippen LogP contribution >= 0.6 is 0 Å². The molecule has 3 aromatic rings. The monoisotopic (exact) mass is 456 g/mol. The first-order valence-corrected chi connectivity index (χ1v) is 11.7. The van der Waals surface area contributed by atoms with Gasteiger partial charge in [-0.1, -0.05) is 0 Å². The van der Waals surface area contributed by atoms with Crippen LogP contribution in [0.4, 0.5) is 4.79 Å². The first-order chi connectivity index (χ1) is 15.4. The Hall–Kier alpha value is -3.37. The van der Waals surface area contributed by atoms with Crippen molar-refractivity contribution in [3.63, 3.8) is 0 Å². The van der Waals surface area contributed by atoms with Crippen LogP contribution in [0.25, 0.3) is 10.9 Å². The third-order valence-electron chi connectivity index (χ3n) is 5.40. The predicted molar refractivity (Wildman–Crippen MR) is 120 cm³/mol. The second-order valence-corrected chi connectivity index (χ2v) is 9.28. The summed E-state index contributed by atoms with van der Waals surface area (Å²) in [6.07, 6.45) is 2.11. The van der Waals surface area contributed by atoms with E-state index in [1.807, 2.05) is 18.2 Å². The molecule has 4 rings (SSSR count). The molecule has 168 valence electrons. The smallest absolute Gasteiger partial charge is 0.407 e. The summed E-state index contributed by atoms with van der Waals surface area (Å²) in [5, 5.41) is 16.0. The van der Waals surface area contributed by atoms with Gasteiger partial charge in [-0.2, -0.15) is 0 Å². The van der Waals surface area contributed by atoms with E-state index in [1.165, 1.54) is 4.90 Å². The van der Waals surface area contributed by atoms with E-state index < -0.39 is 16.0 Å². The molecule has 0 bridgehead atoms. The molecule has 2 aromatic carbocycles. The second-order valence-electron chi connectivity index (χ2n) is 7.42. The third kappa shape index (κ3) is 4.61. The number of rotatable bonds is 6. The number of pyridine rings is 1. The number of hydrogen-bond donors (Lipinski definition) is 2. The average molecular weight is 457 g/mol. The van der Waals surface area contributed by atoms with Crippen molar-refractivity contribution in [2.45, 2.75) is 23.8 Å². The van der Waals surface area contributed by atoms with Crippen molar-refractivity contribution >= 4 is 26.9 Å². The van der Waals surface area contributed by atoms with Crippen LogP contribution in [0.5, 0.6) is 17.2 Å². The number of carbonyl (C=O) groups is 1. The maximum absolute atomic E-state index is 12.9. The van der Waals surface area contributed by atoms with E-state index >= 15 is 0 Å². The predicted octanol–water partition coefficient (Wildman–Crippen LogP) is 3.88. The molecular formula is C22H24N4O5S. The molecule has 0 spiro atoms. The number of benzene rings is 2. The highest BCUT2D eigenvalue weighted by molar-refractivity contribution is 7.91. The topological polar surface area (TPSA) is 127 Å². The zero-order valence-corrected chi connectivity index (χ0v) is 18.3. The van der Waals surface area contributed by atoms with Crippen LogP contribution in [0.1, 0.15) is 12.8 Å². The molecule has 10 heteroatoms. The summed E-state index contributed by atoms with van der Waals surface area (Å²) < 4.78 is 28.3. The molecule has 0 radical (unpaired) electrons. The fourth-order valence-corrected chi connectivity index (χ4v) is 4.76. The largest absolute Gasteiger partial charge is 0.497 e. The Morgan fingerprint density at radius 2 is 2.00 bits per heavy atom. The zero-order valence-electron chi connectivity index (χ0n) is 17.5. The van der Waals surface area contributed by atoms with E-state index in [4.69, 9.17) is 14.6 Å². The Morgan fingerprint density at radius 1 is 1.25 bits per heavy atom. The van der Waals surface area contributed by atoms with Crippen LogP contribution in [0.2, 0.25) is 0 Å². The first-order valence-electron chi connectivity index (χ1n) is 10.1. The van der Waals surface area contributed by atoms with Crippen molar-refractivity contribution in [2.75, 3.05) is 20.2 Å². The molecule has 1 fully saturated rings. The minimum Gasteiger partial charge on any atom is -0.497 e. The summed E-state index contributed by atoms with van der Waals surface area (Å²) in [5.74, 6) is 1.87. The van der Waals surface area contributed by atoms with Gasteiger partial charge in [0.25, 0.3) is 0 Å². The summed E-state index contributed by atoms with van der Waals surface area (Å²) >= 11 is 0. The molecule has 9 nitrogen and oxygen atoms in total. The van der Waals surface area contributed by atoms with Crippen LogP contribution in [-0.4, -0.2) is 51.5 Å². The number of likely N-dealkylation sites (tertiary alicyclic amines) is 1. The van der Waals surface area contributed by atoms with Gasteiger partial charge in [0.15, 0.2) is 0 Å². The van der Waals surface area contributed by atoms with Crippen molar-refractivity contribution in [2.24, 2.45) is 9.50 Å². The highest BCUT2D eigenvalue weighted by atomic mass is 32.2. The Balaban J connectivity index is 1.51. The number of methoxy groups -OCH3 is 1. The summed E-state index contributed by atoms with van der Waals surface area (Å²) in [6, 6.07) is 13.6. The molecule has 1 amide bonds. The third-order valence-corrected chi connectivity index (χ3v) is 6.88. The van der Waals surface area contributed by atoms with Crippen LogP contribution in [0, 0.1) is 0 Å². The lowest BCUT2D eigenvalue weighted by Crippen LogP contribution is -2.36. The lowest BCUT2D eigenvalue weighted by atomic mass is 10.2. The zero-order chi connectivity index (χ0) is 22.7. The second kappa shape index (κ2) is 9.01. The lowest BCUT2D eigenvalue weighted by molar-refractivity contribution is 0.141. The summed E-state index contributed by atoms with van der Waals surface area (Å²) in [7, 11) is -1.55. The van der Waals surface area contributed by atoms with E-state index in [9.17, 15) is 14.1 Å². The molecule has 2 atom stereocenters. The van der Waals surface area contributed by atoms with E-state index in [0.717, 1.165) is 17.3 Å². The number of fused-ring (bicyclic) bond motifs is 1. The number of ether oxygens (including phenoxy) is 2. The average Bonchev–Trinajstić information content (AvgIpc) is 3.27. The van der Waals surface area contributed by atoms with Gasteiger partial charge in [-0.3, -0.25) is 4.98 Å². The standard InChI is InChI=1S/C22H24N4O5S/c1-30-17-6-9-19-20(13-17)24-11-10-21(19)31-16-4-7-18(8-5-16)32(23,29)25-14-15-3-2-12-26(15)22(27)28/h4-11,13,15H,2-3,12,14H2,1H3,(H,27,28)(H2,23,25,29)/t15-,32?/m1/s1. The maximum atomic E-state index is 12.9. The molecule has 1 saturated heterocycles. The molecule has 1 aliphatic rings. The molecule has 1 unspecified atom stereocenters. The van der Waals surface area contributed by atoms with Crippen LogP contribution < -0.4 is 14.6 Å². The molecular weight excluding hydrogens is 432 g/mol. The Labute approximate surface area is 186 Å².